The molecular formula is C20H22ClN4O+. The number of nitrogens with one attached hydrogen (secondary N) is 2. The molecule has 4 rings (SSSR count). The highest BCUT2D eigenvalue weighted by molar-refractivity contribution is 6.31. The molecule has 0 aliphatic carbocycles. The monoisotopic (exact) mass is 369 g/mol. The highest BCUT2D eigenvalue weighted by Crippen LogP contribution is 2.19. The lowest BCUT2D eigenvalue weighted by Crippen LogP contribution is -3.13. The van der Waals surface area contributed by atoms with Crippen LogP contribution in [0, 0.1) is 6.92 Å². The lowest BCUT2D eigenvalue weighted by Gasteiger charge is -2.34. The number of benzene rings is 2. The molecule has 5 nitrogen and oxygen atoms in total. The molecule has 6 heteroatoms. The summed E-state index contributed by atoms with van der Waals surface area (Å²) in [6, 6.07) is 13.7. The lowest BCUT2D eigenvalue weighted by molar-refractivity contribution is -0.915. The summed E-state index contributed by atoms with van der Waals surface area (Å²) in [5.74, 6) is 0.726. The van der Waals surface area contributed by atoms with Crippen molar-refractivity contribution in [2.75, 3.05) is 31.1 Å². The smallest absolute Gasteiger partial charge is 0.258 e. The van der Waals surface area contributed by atoms with Crippen molar-refractivity contribution < 1.29 is 4.90 Å². The van der Waals surface area contributed by atoms with Gasteiger partial charge in [-0.1, -0.05) is 29.8 Å². The molecule has 0 unspecified atom stereocenters. The fourth-order valence-corrected chi connectivity index (χ4v) is 3.81. The number of aromatic nitrogens is 2. The first-order valence-corrected chi connectivity index (χ1v) is 9.30. The van der Waals surface area contributed by atoms with Gasteiger partial charge < -0.3 is 14.8 Å². The Bertz CT molecular complexity index is 993. The van der Waals surface area contributed by atoms with Gasteiger partial charge in [0.15, 0.2) is 5.82 Å². The molecule has 2 heterocycles. The van der Waals surface area contributed by atoms with E-state index in [-0.39, 0.29) is 5.56 Å². The highest BCUT2D eigenvalue weighted by Gasteiger charge is 2.22. The second kappa shape index (κ2) is 7.09. The average molecular weight is 370 g/mol. The largest absolute Gasteiger partial charge is 0.360 e. The Labute approximate surface area is 157 Å². The summed E-state index contributed by atoms with van der Waals surface area (Å²) >= 11 is 6.04. The van der Waals surface area contributed by atoms with Crippen molar-refractivity contribution in [1.29, 1.82) is 0 Å². The van der Waals surface area contributed by atoms with Crippen LogP contribution in [0.15, 0.2) is 47.3 Å². The van der Waals surface area contributed by atoms with Crippen LogP contribution in [0.3, 0.4) is 0 Å². The van der Waals surface area contributed by atoms with Gasteiger partial charge in [0.1, 0.15) is 6.54 Å². The Kier molecular flexibility index (Phi) is 4.66. The van der Waals surface area contributed by atoms with Gasteiger partial charge in [-0.3, -0.25) is 4.79 Å². The molecule has 2 aromatic carbocycles. The number of hydrogen-bond donors (Lipinski definition) is 2. The number of quaternary nitrogens is 1. The Balaban J connectivity index is 1.47. The summed E-state index contributed by atoms with van der Waals surface area (Å²) in [6.07, 6.45) is 0. The molecule has 1 fully saturated rings. The fourth-order valence-electron chi connectivity index (χ4n) is 3.64. The van der Waals surface area contributed by atoms with Gasteiger partial charge in [0.2, 0.25) is 0 Å². The van der Waals surface area contributed by atoms with Crippen molar-refractivity contribution in [3.8, 4) is 0 Å². The first-order chi connectivity index (χ1) is 12.6. The Morgan fingerprint density at radius 1 is 1.19 bits per heavy atom. The number of H-pyrrole nitrogens is 1. The maximum Gasteiger partial charge on any atom is 0.258 e. The number of para-hydroxylation sites is 1. The fraction of sp³-hybridized carbons (Fsp3) is 0.300. The number of anilines is 1. The van der Waals surface area contributed by atoms with Crippen molar-refractivity contribution >= 4 is 28.2 Å². The van der Waals surface area contributed by atoms with Gasteiger partial charge in [0.05, 0.1) is 37.1 Å². The SMILES string of the molecule is Cc1ccccc1N1CC[NH+](Cc2nc3cc(Cl)ccc3c(=O)[nH]2)CC1. The number of fused-ring (bicyclic) bond motifs is 1. The maximum atomic E-state index is 12.3. The van der Waals surface area contributed by atoms with E-state index in [0.29, 0.717) is 15.9 Å². The molecule has 2 N–H and O–H groups in total. The van der Waals surface area contributed by atoms with E-state index in [0.717, 1.165) is 38.5 Å². The van der Waals surface area contributed by atoms with Gasteiger partial charge >= 0.3 is 0 Å². The number of aromatic amines is 1. The molecule has 0 spiro atoms. The molecule has 0 atom stereocenters. The number of nitrogens with zero attached hydrogens (tertiary/aromatic N) is 2. The molecule has 1 aliphatic rings. The van der Waals surface area contributed by atoms with E-state index in [1.165, 1.54) is 16.2 Å². The van der Waals surface area contributed by atoms with Crippen LogP contribution >= 0.6 is 11.6 Å². The molecule has 1 aromatic heterocycles. The summed E-state index contributed by atoms with van der Waals surface area (Å²) < 4.78 is 0. The Morgan fingerprint density at radius 2 is 1.96 bits per heavy atom. The average Bonchev–Trinajstić information content (AvgIpc) is 2.62. The summed E-state index contributed by atoms with van der Waals surface area (Å²) in [5.41, 5.74) is 3.19. The van der Waals surface area contributed by atoms with E-state index in [1.807, 2.05) is 0 Å². The minimum absolute atomic E-state index is 0.0976. The number of rotatable bonds is 3. The van der Waals surface area contributed by atoms with Crippen molar-refractivity contribution in [3.05, 3.63) is 69.2 Å². The Morgan fingerprint density at radius 3 is 2.73 bits per heavy atom. The number of aryl methyl sites for hydroxylation is 1. The van der Waals surface area contributed by atoms with Gasteiger partial charge in [0.25, 0.3) is 5.56 Å². The van der Waals surface area contributed by atoms with Gasteiger partial charge in [-0.2, -0.15) is 0 Å². The summed E-state index contributed by atoms with van der Waals surface area (Å²) in [6.45, 7) is 6.92. The van der Waals surface area contributed by atoms with E-state index in [9.17, 15) is 4.79 Å². The molecule has 1 aliphatic heterocycles. The first kappa shape index (κ1) is 17.1. The van der Waals surface area contributed by atoms with Crippen molar-refractivity contribution in [2.45, 2.75) is 13.5 Å². The predicted molar refractivity (Wildman–Crippen MR) is 105 cm³/mol. The molecule has 0 bridgehead atoms. The van der Waals surface area contributed by atoms with Gasteiger partial charge in [-0.05, 0) is 36.8 Å². The zero-order valence-corrected chi connectivity index (χ0v) is 15.5. The summed E-state index contributed by atoms with van der Waals surface area (Å²) in [4.78, 5) is 23.7. The van der Waals surface area contributed by atoms with Gasteiger partial charge in [-0.25, -0.2) is 4.98 Å². The van der Waals surface area contributed by atoms with Crippen LogP contribution in [-0.4, -0.2) is 36.1 Å². The third kappa shape index (κ3) is 3.45. The van der Waals surface area contributed by atoms with Crippen LogP contribution in [0.2, 0.25) is 5.02 Å². The van der Waals surface area contributed by atoms with E-state index >= 15 is 0 Å². The van der Waals surface area contributed by atoms with Crippen LogP contribution in [0.25, 0.3) is 10.9 Å². The molecule has 0 amide bonds. The third-order valence-electron chi connectivity index (χ3n) is 5.06. The van der Waals surface area contributed by atoms with Crippen molar-refractivity contribution in [1.82, 2.24) is 9.97 Å². The third-order valence-corrected chi connectivity index (χ3v) is 5.30. The van der Waals surface area contributed by atoms with Crippen LogP contribution in [-0.2, 0) is 6.54 Å². The van der Waals surface area contributed by atoms with Crippen molar-refractivity contribution in [3.63, 3.8) is 0 Å². The van der Waals surface area contributed by atoms with Crippen LogP contribution in [0.1, 0.15) is 11.4 Å². The summed E-state index contributed by atoms with van der Waals surface area (Å²) in [5, 5.41) is 1.18. The number of hydrogen-bond acceptors (Lipinski definition) is 3. The predicted octanol–water partition coefficient (Wildman–Crippen LogP) is 1.79. The number of halogens is 1. The normalized spacial score (nSPS) is 15.5. The van der Waals surface area contributed by atoms with E-state index in [4.69, 9.17) is 11.6 Å². The first-order valence-electron chi connectivity index (χ1n) is 8.93. The van der Waals surface area contributed by atoms with E-state index < -0.39 is 0 Å². The zero-order valence-electron chi connectivity index (χ0n) is 14.8. The molecule has 26 heavy (non-hydrogen) atoms. The molecule has 0 saturated carbocycles. The molecule has 0 radical (unpaired) electrons. The zero-order chi connectivity index (χ0) is 18.1. The standard InChI is InChI=1S/C20H21ClN4O/c1-14-4-2-3-5-18(14)25-10-8-24(9-11-25)13-19-22-17-12-15(21)6-7-16(17)20(26)23-19/h2-7,12H,8-11,13H2,1H3,(H,22,23,26)/p+1. The second-order valence-electron chi connectivity index (χ2n) is 6.87. The molecule has 134 valence electrons. The topological polar surface area (TPSA) is 53.4 Å². The minimum atomic E-state index is -0.0976. The second-order valence-corrected chi connectivity index (χ2v) is 7.31. The van der Waals surface area contributed by atoms with Crippen LogP contribution in [0.4, 0.5) is 5.69 Å². The minimum Gasteiger partial charge on any atom is -0.360 e. The molecule has 3 aromatic rings. The quantitative estimate of drug-likeness (QED) is 0.740. The van der Waals surface area contributed by atoms with Crippen molar-refractivity contribution in [2.24, 2.45) is 0 Å². The number of piperazine rings is 1. The molecular weight excluding hydrogens is 348 g/mol. The van der Waals surface area contributed by atoms with Gasteiger partial charge in [0, 0.05) is 10.7 Å². The van der Waals surface area contributed by atoms with E-state index in [1.54, 1.807) is 18.2 Å². The highest BCUT2D eigenvalue weighted by atomic mass is 35.5. The Hall–Kier alpha value is -2.37. The van der Waals surface area contributed by atoms with E-state index in [2.05, 4.69) is 46.1 Å². The molecule has 1 saturated heterocycles. The maximum absolute atomic E-state index is 12.3. The van der Waals surface area contributed by atoms with Crippen LogP contribution in [0.5, 0.6) is 0 Å². The lowest BCUT2D eigenvalue weighted by atomic mass is 10.1. The van der Waals surface area contributed by atoms with Crippen LogP contribution < -0.4 is 15.4 Å². The van der Waals surface area contributed by atoms with Gasteiger partial charge in [-0.15, -0.1) is 0 Å². The summed E-state index contributed by atoms with van der Waals surface area (Å²) in [7, 11) is 0.